The number of nitrogen functional groups attached to an aromatic ring is 1. The Bertz CT molecular complexity index is 242. The molecule has 0 aromatic carbocycles. The van der Waals surface area contributed by atoms with Crippen LogP contribution in [0, 0.1) is 0 Å². The monoisotopic (exact) mass is 247 g/mol. The van der Waals surface area contributed by atoms with Crippen molar-refractivity contribution in [2.45, 2.75) is 25.8 Å². The summed E-state index contributed by atoms with van der Waals surface area (Å²) in [6.07, 6.45) is 4.77. The highest BCUT2D eigenvalue weighted by Crippen LogP contribution is 2.16. The van der Waals surface area contributed by atoms with Gasteiger partial charge in [0.2, 0.25) is 0 Å². The van der Waals surface area contributed by atoms with Crippen molar-refractivity contribution < 1.29 is 5.11 Å². The molecule has 0 atom stereocenters. The number of anilines is 1. The maximum Gasteiger partial charge on any atom is 0.159 e. The molecule has 1 aromatic rings. The van der Waals surface area contributed by atoms with E-state index in [0.717, 1.165) is 30.3 Å². The molecule has 5 heteroatoms. The van der Waals surface area contributed by atoms with Gasteiger partial charge in [0.05, 0.1) is 4.47 Å². The van der Waals surface area contributed by atoms with E-state index in [1.807, 2.05) is 10.9 Å². The topological polar surface area (TPSA) is 64.1 Å². The lowest BCUT2D eigenvalue weighted by Gasteiger charge is -1.99. The normalized spacial score (nSPS) is 10.6. The number of aliphatic hydroxyl groups is 1. The molecule has 0 saturated carbocycles. The number of hydrogen-bond acceptors (Lipinski definition) is 3. The third kappa shape index (κ3) is 3.36. The van der Waals surface area contributed by atoms with Gasteiger partial charge in [0.1, 0.15) is 0 Å². The Balaban J connectivity index is 2.29. The highest BCUT2D eigenvalue weighted by atomic mass is 79.9. The molecule has 0 saturated heterocycles. The van der Waals surface area contributed by atoms with E-state index in [4.69, 9.17) is 10.8 Å². The van der Waals surface area contributed by atoms with Gasteiger partial charge in [0.25, 0.3) is 0 Å². The van der Waals surface area contributed by atoms with Crippen LogP contribution < -0.4 is 5.73 Å². The van der Waals surface area contributed by atoms with Crippen molar-refractivity contribution in [2.24, 2.45) is 0 Å². The summed E-state index contributed by atoms with van der Waals surface area (Å²) >= 11 is 3.29. The van der Waals surface area contributed by atoms with E-state index in [2.05, 4.69) is 21.0 Å². The van der Waals surface area contributed by atoms with Crippen molar-refractivity contribution in [3.05, 3.63) is 10.7 Å². The zero-order valence-corrected chi connectivity index (χ0v) is 9.00. The number of aliphatic hydroxyl groups excluding tert-OH is 1. The standard InChI is InChI=1S/C8H14BrN3O/c9-7-6-12(11-8(7)10)4-2-1-3-5-13/h6,13H,1-5H2,(H2,10,11). The van der Waals surface area contributed by atoms with Crippen molar-refractivity contribution >= 4 is 21.7 Å². The van der Waals surface area contributed by atoms with Gasteiger partial charge in [0.15, 0.2) is 5.82 Å². The summed E-state index contributed by atoms with van der Waals surface area (Å²) in [6.45, 7) is 1.13. The first-order valence-electron chi connectivity index (χ1n) is 4.33. The maximum atomic E-state index is 8.56. The second-order valence-electron chi connectivity index (χ2n) is 2.91. The predicted molar refractivity (Wildman–Crippen MR) is 55.3 cm³/mol. The lowest BCUT2D eigenvalue weighted by atomic mass is 10.2. The second kappa shape index (κ2) is 5.24. The average molecular weight is 248 g/mol. The Kier molecular flexibility index (Phi) is 4.24. The van der Waals surface area contributed by atoms with Crippen LogP contribution in [-0.2, 0) is 6.54 Å². The van der Waals surface area contributed by atoms with E-state index in [1.165, 1.54) is 0 Å². The molecule has 0 aliphatic carbocycles. The van der Waals surface area contributed by atoms with Gasteiger partial charge in [-0.3, -0.25) is 4.68 Å². The number of hydrogen-bond donors (Lipinski definition) is 2. The molecule has 0 radical (unpaired) electrons. The first kappa shape index (κ1) is 10.5. The van der Waals surface area contributed by atoms with E-state index in [0.29, 0.717) is 5.82 Å². The van der Waals surface area contributed by atoms with Crippen LogP contribution in [0.15, 0.2) is 10.7 Å². The van der Waals surface area contributed by atoms with E-state index < -0.39 is 0 Å². The highest BCUT2D eigenvalue weighted by molar-refractivity contribution is 9.10. The molecule has 0 spiro atoms. The summed E-state index contributed by atoms with van der Waals surface area (Å²) < 4.78 is 2.66. The minimum absolute atomic E-state index is 0.269. The minimum atomic E-state index is 0.269. The molecule has 1 aromatic heterocycles. The summed E-state index contributed by atoms with van der Waals surface area (Å²) in [6, 6.07) is 0. The molecule has 0 aliphatic rings. The largest absolute Gasteiger partial charge is 0.396 e. The Morgan fingerprint density at radius 2 is 2.23 bits per heavy atom. The van der Waals surface area contributed by atoms with Gasteiger partial charge in [0, 0.05) is 19.3 Å². The Hall–Kier alpha value is -0.550. The van der Waals surface area contributed by atoms with Crippen LogP contribution in [0.3, 0.4) is 0 Å². The van der Waals surface area contributed by atoms with Crippen molar-refractivity contribution in [2.75, 3.05) is 12.3 Å². The Labute approximate surface area is 85.9 Å². The smallest absolute Gasteiger partial charge is 0.159 e. The van der Waals surface area contributed by atoms with Gasteiger partial charge in [-0.05, 0) is 35.2 Å². The van der Waals surface area contributed by atoms with Crippen molar-refractivity contribution in [3.8, 4) is 0 Å². The fourth-order valence-corrected chi connectivity index (χ4v) is 1.40. The maximum absolute atomic E-state index is 8.56. The third-order valence-corrected chi connectivity index (χ3v) is 2.40. The second-order valence-corrected chi connectivity index (χ2v) is 3.76. The number of halogens is 1. The van der Waals surface area contributed by atoms with Crippen molar-refractivity contribution in [1.82, 2.24) is 9.78 Å². The molecule has 1 heterocycles. The fourth-order valence-electron chi connectivity index (χ4n) is 1.09. The number of aryl methyl sites for hydroxylation is 1. The van der Waals surface area contributed by atoms with Gasteiger partial charge < -0.3 is 10.8 Å². The van der Waals surface area contributed by atoms with Crippen molar-refractivity contribution in [3.63, 3.8) is 0 Å². The Morgan fingerprint density at radius 3 is 2.77 bits per heavy atom. The molecule has 0 fully saturated rings. The van der Waals surface area contributed by atoms with Crippen LogP contribution in [0.25, 0.3) is 0 Å². The van der Waals surface area contributed by atoms with Gasteiger partial charge in [-0.1, -0.05) is 0 Å². The van der Waals surface area contributed by atoms with Crippen molar-refractivity contribution in [1.29, 1.82) is 0 Å². The van der Waals surface area contributed by atoms with Crippen LogP contribution >= 0.6 is 15.9 Å². The molecule has 3 N–H and O–H groups in total. The van der Waals surface area contributed by atoms with Gasteiger partial charge in [-0.15, -0.1) is 0 Å². The fraction of sp³-hybridized carbons (Fsp3) is 0.625. The molecule has 0 amide bonds. The third-order valence-electron chi connectivity index (χ3n) is 1.79. The molecule has 0 bridgehead atoms. The van der Waals surface area contributed by atoms with Crippen LogP contribution in [-0.4, -0.2) is 21.5 Å². The molecular formula is C8H14BrN3O. The molecule has 0 aliphatic heterocycles. The highest BCUT2D eigenvalue weighted by Gasteiger charge is 2.00. The number of aromatic nitrogens is 2. The Morgan fingerprint density at radius 1 is 1.46 bits per heavy atom. The van der Waals surface area contributed by atoms with Crippen LogP contribution in [0.1, 0.15) is 19.3 Å². The molecule has 1 rings (SSSR count). The molecule has 13 heavy (non-hydrogen) atoms. The first-order valence-corrected chi connectivity index (χ1v) is 5.12. The van der Waals surface area contributed by atoms with Gasteiger partial charge in [-0.2, -0.15) is 5.10 Å². The number of nitrogens with two attached hydrogens (primary N) is 1. The molecular weight excluding hydrogens is 234 g/mol. The first-order chi connectivity index (χ1) is 6.24. The molecule has 0 unspecified atom stereocenters. The number of rotatable bonds is 5. The summed E-state index contributed by atoms with van der Waals surface area (Å²) in [5.74, 6) is 0.530. The van der Waals surface area contributed by atoms with Crippen LogP contribution in [0.5, 0.6) is 0 Å². The average Bonchev–Trinajstić information content (AvgIpc) is 2.41. The van der Waals surface area contributed by atoms with E-state index in [-0.39, 0.29) is 6.61 Å². The molecule has 4 nitrogen and oxygen atoms in total. The zero-order chi connectivity index (χ0) is 9.68. The minimum Gasteiger partial charge on any atom is -0.396 e. The lowest BCUT2D eigenvalue weighted by Crippen LogP contribution is -1.99. The van der Waals surface area contributed by atoms with Crippen LogP contribution in [0.4, 0.5) is 5.82 Å². The number of unbranched alkanes of at least 4 members (excludes halogenated alkanes) is 2. The van der Waals surface area contributed by atoms with Gasteiger partial charge in [-0.25, -0.2) is 0 Å². The summed E-state index contributed by atoms with van der Waals surface area (Å²) in [5.41, 5.74) is 5.55. The zero-order valence-electron chi connectivity index (χ0n) is 7.41. The lowest BCUT2D eigenvalue weighted by molar-refractivity contribution is 0.281. The summed E-state index contributed by atoms with van der Waals surface area (Å²) in [4.78, 5) is 0. The number of nitrogens with zero attached hydrogens (tertiary/aromatic N) is 2. The summed E-state index contributed by atoms with van der Waals surface area (Å²) in [5, 5.41) is 12.7. The predicted octanol–water partition coefficient (Wildman–Crippen LogP) is 1.39. The van der Waals surface area contributed by atoms with Gasteiger partial charge >= 0.3 is 0 Å². The SMILES string of the molecule is Nc1nn(CCCCCO)cc1Br. The van der Waals surface area contributed by atoms with E-state index >= 15 is 0 Å². The summed E-state index contributed by atoms with van der Waals surface area (Å²) in [7, 11) is 0. The van der Waals surface area contributed by atoms with Crippen LogP contribution in [0.2, 0.25) is 0 Å². The quantitative estimate of drug-likeness (QED) is 0.774. The van der Waals surface area contributed by atoms with E-state index in [9.17, 15) is 0 Å². The molecule has 74 valence electrons. The van der Waals surface area contributed by atoms with E-state index in [1.54, 1.807) is 0 Å².